The number of hydrogen-bond acceptors (Lipinski definition) is 6. The highest BCUT2D eigenvalue weighted by atomic mass is 16.2. The second-order valence-corrected chi connectivity index (χ2v) is 4.38. The summed E-state index contributed by atoms with van der Waals surface area (Å²) >= 11 is 0. The maximum absolute atomic E-state index is 12.2. The molecule has 2 heterocycles. The molecule has 7 heteroatoms. The number of carbonyl (C=O) groups excluding carboxylic acids is 1. The van der Waals surface area contributed by atoms with Gasteiger partial charge in [-0.25, -0.2) is 5.84 Å². The molecule has 20 heavy (non-hydrogen) atoms. The third-order valence-electron chi connectivity index (χ3n) is 2.72. The number of carbonyl (C=O) groups is 1. The Hall–Kier alpha value is -2.54. The first kappa shape index (κ1) is 13.9. The van der Waals surface area contributed by atoms with Crippen molar-refractivity contribution in [2.24, 2.45) is 5.84 Å². The topological polar surface area (TPSA) is 97.0 Å². The van der Waals surface area contributed by atoms with Crippen LogP contribution in [0.25, 0.3) is 0 Å². The Balaban J connectivity index is 2.07. The number of aryl methyl sites for hydroxylation is 1. The molecule has 0 aromatic carbocycles. The molecular formula is C13H16N6O. The largest absolute Gasteiger partial charge is 0.334 e. The number of nitrogens with one attached hydrogen (secondary N) is 1. The molecule has 0 saturated carbocycles. The van der Waals surface area contributed by atoms with Crippen LogP contribution in [0.5, 0.6) is 0 Å². The Kier molecular flexibility index (Phi) is 4.21. The average molecular weight is 272 g/mol. The Morgan fingerprint density at radius 3 is 2.70 bits per heavy atom. The van der Waals surface area contributed by atoms with Crippen LogP contribution in [0.2, 0.25) is 0 Å². The van der Waals surface area contributed by atoms with Gasteiger partial charge in [0.25, 0.3) is 5.91 Å². The number of hydrogen-bond donors (Lipinski definition) is 2. The highest BCUT2D eigenvalue weighted by Gasteiger charge is 2.14. The third-order valence-corrected chi connectivity index (χ3v) is 2.72. The van der Waals surface area contributed by atoms with Gasteiger partial charge in [-0.1, -0.05) is 6.07 Å². The van der Waals surface area contributed by atoms with Gasteiger partial charge in [-0.3, -0.25) is 9.78 Å². The lowest BCUT2D eigenvalue weighted by Crippen LogP contribution is -2.27. The second-order valence-electron chi connectivity index (χ2n) is 4.38. The smallest absolute Gasteiger partial charge is 0.274 e. The zero-order valence-corrected chi connectivity index (χ0v) is 11.4. The summed E-state index contributed by atoms with van der Waals surface area (Å²) < 4.78 is 0. The highest BCUT2D eigenvalue weighted by Crippen LogP contribution is 2.07. The van der Waals surface area contributed by atoms with Crippen LogP contribution in [0.3, 0.4) is 0 Å². The average Bonchev–Trinajstić information content (AvgIpc) is 2.46. The van der Waals surface area contributed by atoms with Gasteiger partial charge in [0.1, 0.15) is 0 Å². The molecule has 0 saturated heterocycles. The molecule has 0 bridgehead atoms. The van der Waals surface area contributed by atoms with Crippen molar-refractivity contribution in [1.82, 2.24) is 20.1 Å². The van der Waals surface area contributed by atoms with Crippen LogP contribution in [0.4, 0.5) is 5.82 Å². The number of anilines is 1. The fraction of sp³-hybridized carbons (Fsp3) is 0.231. The van der Waals surface area contributed by atoms with Gasteiger partial charge in [-0.2, -0.15) is 0 Å². The van der Waals surface area contributed by atoms with Crippen molar-refractivity contribution >= 4 is 11.7 Å². The minimum Gasteiger partial charge on any atom is -0.334 e. The van der Waals surface area contributed by atoms with Crippen LogP contribution in [0.1, 0.15) is 21.9 Å². The minimum absolute atomic E-state index is 0.218. The first-order chi connectivity index (χ1) is 9.60. The molecule has 0 radical (unpaired) electrons. The normalized spacial score (nSPS) is 10.2. The van der Waals surface area contributed by atoms with E-state index in [4.69, 9.17) is 5.84 Å². The Morgan fingerprint density at radius 1 is 1.30 bits per heavy atom. The van der Waals surface area contributed by atoms with E-state index in [0.717, 1.165) is 11.4 Å². The Labute approximate surface area is 116 Å². The van der Waals surface area contributed by atoms with Crippen LogP contribution in [0, 0.1) is 6.92 Å². The summed E-state index contributed by atoms with van der Waals surface area (Å²) in [5, 5.41) is 7.60. The molecule has 1 amide bonds. The standard InChI is InChI=1S/C13H16N6O/c1-9-4-3-5-10(15-9)8-19(2)13(20)11-6-7-12(16-14)18-17-11/h3-7H,8,14H2,1-2H3,(H,16,18). The molecule has 2 aromatic heterocycles. The first-order valence-corrected chi connectivity index (χ1v) is 6.08. The summed E-state index contributed by atoms with van der Waals surface area (Å²) in [7, 11) is 1.70. The summed E-state index contributed by atoms with van der Waals surface area (Å²) in [6, 6.07) is 8.88. The summed E-state index contributed by atoms with van der Waals surface area (Å²) in [5.74, 6) is 5.38. The van der Waals surface area contributed by atoms with Crippen molar-refractivity contribution in [2.45, 2.75) is 13.5 Å². The number of aromatic nitrogens is 3. The van der Waals surface area contributed by atoms with Gasteiger partial charge in [0.2, 0.25) is 0 Å². The van der Waals surface area contributed by atoms with E-state index in [1.54, 1.807) is 24.1 Å². The lowest BCUT2D eigenvalue weighted by molar-refractivity contribution is 0.0776. The van der Waals surface area contributed by atoms with Gasteiger partial charge < -0.3 is 10.3 Å². The fourth-order valence-corrected chi connectivity index (χ4v) is 1.72. The molecule has 7 nitrogen and oxygen atoms in total. The van der Waals surface area contributed by atoms with Crippen molar-refractivity contribution in [1.29, 1.82) is 0 Å². The molecule has 2 rings (SSSR count). The maximum atomic E-state index is 12.2. The summed E-state index contributed by atoms with van der Waals surface area (Å²) in [6.07, 6.45) is 0. The van der Waals surface area contributed by atoms with Crippen LogP contribution in [-0.2, 0) is 6.54 Å². The van der Waals surface area contributed by atoms with E-state index in [1.165, 1.54) is 0 Å². The van der Waals surface area contributed by atoms with Crippen molar-refractivity contribution < 1.29 is 4.79 Å². The zero-order chi connectivity index (χ0) is 14.5. The van der Waals surface area contributed by atoms with Gasteiger partial charge in [0, 0.05) is 12.7 Å². The Bertz CT molecular complexity index is 598. The lowest BCUT2D eigenvalue weighted by Gasteiger charge is -2.16. The van der Waals surface area contributed by atoms with Gasteiger partial charge in [0.15, 0.2) is 11.5 Å². The molecule has 0 unspecified atom stereocenters. The number of amides is 1. The van der Waals surface area contributed by atoms with Gasteiger partial charge in [0.05, 0.1) is 12.2 Å². The van der Waals surface area contributed by atoms with E-state index in [9.17, 15) is 4.79 Å². The van der Waals surface area contributed by atoms with Gasteiger partial charge in [-0.05, 0) is 31.2 Å². The van der Waals surface area contributed by atoms with Crippen molar-refractivity contribution in [3.05, 3.63) is 47.4 Å². The number of rotatable bonds is 4. The van der Waals surface area contributed by atoms with E-state index in [2.05, 4.69) is 20.6 Å². The minimum atomic E-state index is -0.218. The van der Waals surface area contributed by atoms with Crippen LogP contribution in [0.15, 0.2) is 30.3 Å². The molecule has 0 fully saturated rings. The monoisotopic (exact) mass is 272 g/mol. The van der Waals surface area contributed by atoms with E-state index in [-0.39, 0.29) is 11.6 Å². The molecule has 0 spiro atoms. The number of nitrogen functional groups attached to an aromatic ring is 1. The molecule has 2 aromatic rings. The molecule has 3 N–H and O–H groups in total. The van der Waals surface area contributed by atoms with Crippen molar-refractivity contribution in [3.8, 4) is 0 Å². The third kappa shape index (κ3) is 3.27. The SMILES string of the molecule is Cc1cccc(CN(C)C(=O)c2ccc(NN)nn2)n1. The molecule has 0 atom stereocenters. The van der Waals surface area contributed by atoms with Gasteiger partial charge >= 0.3 is 0 Å². The predicted molar refractivity (Wildman–Crippen MR) is 74.6 cm³/mol. The molecule has 0 aliphatic carbocycles. The summed E-state index contributed by atoms with van der Waals surface area (Å²) in [6.45, 7) is 2.33. The van der Waals surface area contributed by atoms with Crippen molar-refractivity contribution in [3.63, 3.8) is 0 Å². The van der Waals surface area contributed by atoms with Crippen LogP contribution >= 0.6 is 0 Å². The van der Waals surface area contributed by atoms with E-state index < -0.39 is 0 Å². The van der Waals surface area contributed by atoms with E-state index in [1.807, 2.05) is 25.1 Å². The van der Waals surface area contributed by atoms with Crippen LogP contribution in [-0.4, -0.2) is 33.0 Å². The number of nitrogens with zero attached hydrogens (tertiary/aromatic N) is 4. The number of hydrazine groups is 1. The molecule has 0 aliphatic rings. The fourth-order valence-electron chi connectivity index (χ4n) is 1.72. The number of nitrogens with two attached hydrogens (primary N) is 1. The van der Waals surface area contributed by atoms with E-state index in [0.29, 0.717) is 12.4 Å². The predicted octanol–water partition coefficient (Wildman–Crippen LogP) is 0.738. The van der Waals surface area contributed by atoms with E-state index >= 15 is 0 Å². The summed E-state index contributed by atoms with van der Waals surface area (Å²) in [5.41, 5.74) is 4.37. The highest BCUT2D eigenvalue weighted by molar-refractivity contribution is 5.92. The maximum Gasteiger partial charge on any atom is 0.274 e. The Morgan fingerprint density at radius 2 is 2.10 bits per heavy atom. The number of pyridine rings is 1. The second kappa shape index (κ2) is 6.07. The lowest BCUT2D eigenvalue weighted by atomic mass is 10.3. The summed E-state index contributed by atoms with van der Waals surface area (Å²) in [4.78, 5) is 18.1. The molecule has 0 aliphatic heterocycles. The van der Waals surface area contributed by atoms with Gasteiger partial charge in [-0.15, -0.1) is 10.2 Å². The zero-order valence-electron chi connectivity index (χ0n) is 11.4. The molecular weight excluding hydrogens is 256 g/mol. The van der Waals surface area contributed by atoms with Crippen molar-refractivity contribution in [2.75, 3.05) is 12.5 Å². The first-order valence-electron chi connectivity index (χ1n) is 6.08. The quantitative estimate of drug-likeness (QED) is 0.629. The van der Waals surface area contributed by atoms with Crippen LogP contribution < -0.4 is 11.3 Å². The molecule has 104 valence electrons.